The van der Waals surface area contributed by atoms with Crippen LogP contribution in [0, 0.1) is 0 Å². The number of nitrogens with zero attached hydrogens (tertiary/aromatic N) is 1. The summed E-state index contributed by atoms with van der Waals surface area (Å²) >= 11 is 0. The van der Waals surface area contributed by atoms with E-state index in [9.17, 15) is 4.79 Å². The lowest BCUT2D eigenvalue weighted by Crippen LogP contribution is -2.27. The number of H-pyrrole nitrogens is 1. The Kier molecular flexibility index (Phi) is 3.33. The third-order valence-electron chi connectivity index (χ3n) is 2.34. The molecule has 0 aliphatic rings. The number of carbonyl (C=O) groups excluding carboxylic acids is 1. The second-order valence-corrected chi connectivity index (χ2v) is 5.08. The van der Waals surface area contributed by atoms with Crippen molar-refractivity contribution >= 4 is 22.8 Å². The fraction of sp³-hybridized carbons (Fsp3) is 0.385. The summed E-state index contributed by atoms with van der Waals surface area (Å²) in [5.41, 5.74) is 1.46. The first kappa shape index (κ1) is 13.2. The van der Waals surface area contributed by atoms with Crippen molar-refractivity contribution in [3.05, 3.63) is 18.3 Å². The van der Waals surface area contributed by atoms with Crippen LogP contribution in [0.4, 0.5) is 10.5 Å². The highest BCUT2D eigenvalue weighted by Crippen LogP contribution is 2.24. The van der Waals surface area contributed by atoms with E-state index in [0.29, 0.717) is 17.1 Å². The number of methoxy groups -OCH3 is 1. The minimum atomic E-state index is -0.540. The van der Waals surface area contributed by atoms with Gasteiger partial charge in [0.15, 0.2) is 0 Å². The Hall–Kier alpha value is -2.24. The lowest BCUT2D eigenvalue weighted by atomic mass is 10.2. The lowest BCUT2D eigenvalue weighted by molar-refractivity contribution is 0.0636. The van der Waals surface area contributed by atoms with Crippen LogP contribution in [0.2, 0.25) is 0 Å². The van der Waals surface area contributed by atoms with Crippen molar-refractivity contribution in [2.45, 2.75) is 26.4 Å². The Morgan fingerprint density at radius 2 is 2.11 bits per heavy atom. The fourth-order valence-electron chi connectivity index (χ4n) is 1.60. The van der Waals surface area contributed by atoms with E-state index < -0.39 is 11.7 Å². The number of rotatable bonds is 2. The molecule has 2 aromatic heterocycles. The SMILES string of the molecule is COc1ccc2[nH]cc(NC(=O)OC(C)(C)C)c2n1. The van der Waals surface area contributed by atoms with Crippen molar-refractivity contribution in [3.8, 4) is 5.88 Å². The summed E-state index contributed by atoms with van der Waals surface area (Å²) in [6, 6.07) is 3.58. The molecule has 102 valence electrons. The highest BCUT2D eigenvalue weighted by molar-refractivity contribution is 5.97. The molecule has 1 amide bonds. The molecule has 6 heteroatoms. The zero-order valence-electron chi connectivity index (χ0n) is 11.4. The van der Waals surface area contributed by atoms with Gasteiger partial charge in [-0.05, 0) is 26.8 Å². The van der Waals surface area contributed by atoms with Crippen LogP contribution in [-0.2, 0) is 4.74 Å². The van der Waals surface area contributed by atoms with Crippen molar-refractivity contribution in [3.63, 3.8) is 0 Å². The molecule has 0 aliphatic carbocycles. The zero-order chi connectivity index (χ0) is 14.0. The quantitative estimate of drug-likeness (QED) is 0.873. The minimum Gasteiger partial charge on any atom is -0.481 e. The van der Waals surface area contributed by atoms with Crippen LogP contribution < -0.4 is 10.1 Å². The third kappa shape index (κ3) is 3.15. The second-order valence-electron chi connectivity index (χ2n) is 5.08. The van der Waals surface area contributed by atoms with Crippen molar-refractivity contribution in [2.75, 3.05) is 12.4 Å². The molecule has 0 spiro atoms. The van der Waals surface area contributed by atoms with Crippen molar-refractivity contribution in [2.24, 2.45) is 0 Å². The monoisotopic (exact) mass is 263 g/mol. The van der Waals surface area contributed by atoms with Gasteiger partial charge in [-0.15, -0.1) is 0 Å². The summed E-state index contributed by atoms with van der Waals surface area (Å²) in [5, 5.41) is 2.66. The zero-order valence-corrected chi connectivity index (χ0v) is 11.4. The first-order chi connectivity index (χ1) is 8.89. The number of hydrogen-bond acceptors (Lipinski definition) is 4. The van der Waals surface area contributed by atoms with Gasteiger partial charge in [0, 0.05) is 12.3 Å². The average molecular weight is 263 g/mol. The number of aromatic nitrogens is 2. The van der Waals surface area contributed by atoms with E-state index in [1.54, 1.807) is 19.4 Å². The molecular formula is C13H17N3O3. The maximum absolute atomic E-state index is 11.7. The van der Waals surface area contributed by atoms with Crippen molar-refractivity contribution in [1.29, 1.82) is 0 Å². The highest BCUT2D eigenvalue weighted by Gasteiger charge is 2.17. The van der Waals surface area contributed by atoms with Gasteiger partial charge < -0.3 is 14.5 Å². The number of aromatic amines is 1. The summed E-state index contributed by atoms with van der Waals surface area (Å²) in [6.07, 6.45) is 1.15. The van der Waals surface area contributed by atoms with Crippen LogP contribution in [0.5, 0.6) is 5.88 Å². The van der Waals surface area contributed by atoms with Gasteiger partial charge in [0.25, 0.3) is 0 Å². The number of hydrogen-bond donors (Lipinski definition) is 2. The van der Waals surface area contributed by atoms with Gasteiger partial charge in [-0.3, -0.25) is 5.32 Å². The smallest absolute Gasteiger partial charge is 0.412 e. The number of nitrogens with one attached hydrogen (secondary N) is 2. The molecule has 0 atom stereocenters. The maximum Gasteiger partial charge on any atom is 0.412 e. The first-order valence-corrected chi connectivity index (χ1v) is 5.91. The normalized spacial score (nSPS) is 11.4. The van der Waals surface area contributed by atoms with E-state index in [1.807, 2.05) is 26.8 Å². The molecule has 2 aromatic rings. The number of anilines is 1. The average Bonchev–Trinajstić information content (AvgIpc) is 2.69. The third-order valence-corrected chi connectivity index (χ3v) is 2.34. The van der Waals surface area contributed by atoms with E-state index in [2.05, 4.69) is 15.3 Å². The summed E-state index contributed by atoms with van der Waals surface area (Å²) in [5.74, 6) is 0.485. The summed E-state index contributed by atoms with van der Waals surface area (Å²) in [4.78, 5) is 19.0. The van der Waals surface area contributed by atoms with Crippen LogP contribution in [0.25, 0.3) is 11.0 Å². The summed E-state index contributed by atoms with van der Waals surface area (Å²) in [6.45, 7) is 5.43. The Balaban J connectivity index is 2.23. The van der Waals surface area contributed by atoms with Gasteiger partial charge in [0.1, 0.15) is 11.1 Å². The molecule has 2 N–H and O–H groups in total. The maximum atomic E-state index is 11.7. The van der Waals surface area contributed by atoms with Gasteiger partial charge in [-0.1, -0.05) is 0 Å². The number of carbonyl (C=O) groups is 1. The van der Waals surface area contributed by atoms with E-state index >= 15 is 0 Å². The Morgan fingerprint density at radius 1 is 1.37 bits per heavy atom. The predicted molar refractivity (Wildman–Crippen MR) is 72.5 cm³/mol. The Morgan fingerprint density at radius 3 is 2.74 bits per heavy atom. The van der Waals surface area contributed by atoms with E-state index in [-0.39, 0.29) is 0 Å². The predicted octanol–water partition coefficient (Wildman–Crippen LogP) is 2.92. The first-order valence-electron chi connectivity index (χ1n) is 5.91. The molecule has 0 saturated carbocycles. The molecule has 2 rings (SSSR count). The van der Waals surface area contributed by atoms with Gasteiger partial charge in [0.05, 0.1) is 18.3 Å². The standard InChI is InChI=1S/C13H17N3O3/c1-13(2,3)19-12(17)15-9-7-14-8-5-6-10(18-4)16-11(8)9/h5-7,14H,1-4H3,(H,15,17). The van der Waals surface area contributed by atoms with Gasteiger partial charge >= 0.3 is 6.09 Å². The van der Waals surface area contributed by atoms with Crippen LogP contribution in [0.1, 0.15) is 20.8 Å². The molecular weight excluding hydrogens is 246 g/mol. The number of fused-ring (bicyclic) bond motifs is 1. The number of amides is 1. The van der Waals surface area contributed by atoms with Gasteiger partial charge in [-0.25, -0.2) is 9.78 Å². The van der Waals surface area contributed by atoms with Crippen LogP contribution in [0.15, 0.2) is 18.3 Å². The lowest BCUT2D eigenvalue weighted by Gasteiger charge is -2.19. The van der Waals surface area contributed by atoms with Crippen LogP contribution in [-0.4, -0.2) is 28.8 Å². The van der Waals surface area contributed by atoms with Gasteiger partial charge in [-0.2, -0.15) is 0 Å². The second kappa shape index (κ2) is 4.79. The number of pyridine rings is 1. The van der Waals surface area contributed by atoms with Crippen LogP contribution >= 0.6 is 0 Å². The molecule has 0 bridgehead atoms. The highest BCUT2D eigenvalue weighted by atomic mass is 16.6. The molecule has 0 aliphatic heterocycles. The van der Waals surface area contributed by atoms with E-state index in [1.165, 1.54) is 0 Å². The fourth-order valence-corrected chi connectivity index (χ4v) is 1.60. The summed E-state index contributed by atoms with van der Waals surface area (Å²) in [7, 11) is 1.54. The van der Waals surface area contributed by atoms with Gasteiger partial charge in [0.2, 0.25) is 5.88 Å². The van der Waals surface area contributed by atoms with E-state index in [4.69, 9.17) is 9.47 Å². The Bertz CT molecular complexity index is 599. The summed E-state index contributed by atoms with van der Waals surface area (Å²) < 4.78 is 10.3. The van der Waals surface area contributed by atoms with E-state index in [0.717, 1.165) is 5.52 Å². The van der Waals surface area contributed by atoms with Crippen LogP contribution in [0.3, 0.4) is 0 Å². The number of ether oxygens (including phenoxy) is 2. The molecule has 19 heavy (non-hydrogen) atoms. The molecule has 0 unspecified atom stereocenters. The molecule has 0 radical (unpaired) electrons. The molecule has 0 saturated heterocycles. The molecule has 2 heterocycles. The topological polar surface area (TPSA) is 76.2 Å². The minimum absolute atomic E-state index is 0.485. The molecule has 0 fully saturated rings. The van der Waals surface area contributed by atoms with Crippen molar-refractivity contribution in [1.82, 2.24) is 9.97 Å². The largest absolute Gasteiger partial charge is 0.481 e. The molecule has 6 nitrogen and oxygen atoms in total. The molecule has 0 aromatic carbocycles. The van der Waals surface area contributed by atoms with Crippen molar-refractivity contribution < 1.29 is 14.3 Å². The Labute approximate surface area is 111 Å².